The number of fused-ring (bicyclic) bond motifs is 3. The van der Waals surface area contributed by atoms with E-state index < -0.39 is 16.8 Å². The first-order chi connectivity index (χ1) is 11.9. The Labute approximate surface area is 145 Å². The molecule has 1 aromatic heterocycles. The van der Waals surface area contributed by atoms with E-state index in [1.807, 2.05) is 25.1 Å². The van der Waals surface area contributed by atoms with Crippen LogP contribution in [0.15, 0.2) is 47.4 Å². The SMILES string of the molecule is CN1C(=O)c2c(O)c(=O)ccn2N2C(c3ccccc3)CCCC12C. The van der Waals surface area contributed by atoms with E-state index in [1.165, 1.54) is 6.07 Å². The van der Waals surface area contributed by atoms with Crippen molar-refractivity contribution in [2.45, 2.75) is 37.9 Å². The van der Waals surface area contributed by atoms with Crippen molar-refractivity contribution in [2.24, 2.45) is 0 Å². The number of nitrogens with zero attached hydrogens (tertiary/aromatic N) is 3. The van der Waals surface area contributed by atoms with Gasteiger partial charge >= 0.3 is 0 Å². The first-order valence-electron chi connectivity index (χ1n) is 8.52. The molecule has 2 aromatic rings. The maximum Gasteiger partial charge on any atom is 0.278 e. The lowest BCUT2D eigenvalue weighted by molar-refractivity contribution is 0.0239. The summed E-state index contributed by atoms with van der Waals surface area (Å²) in [5.41, 5.74) is 0.130. The number of pyridine rings is 1. The van der Waals surface area contributed by atoms with Crippen LogP contribution in [0.4, 0.5) is 0 Å². The van der Waals surface area contributed by atoms with Gasteiger partial charge < -0.3 is 10.0 Å². The van der Waals surface area contributed by atoms with E-state index >= 15 is 0 Å². The van der Waals surface area contributed by atoms with Gasteiger partial charge in [0.05, 0.1) is 6.04 Å². The molecular formula is C19H21N3O3. The normalized spacial score (nSPS) is 25.5. The van der Waals surface area contributed by atoms with Gasteiger partial charge in [-0.25, -0.2) is 0 Å². The summed E-state index contributed by atoms with van der Waals surface area (Å²) in [4.78, 5) is 26.4. The number of benzene rings is 1. The van der Waals surface area contributed by atoms with E-state index in [1.54, 1.807) is 22.8 Å². The standard InChI is InChI=1S/C19H21N3O3/c1-19-11-6-9-14(13-7-4-3-5-8-13)22(19)21-12-10-15(23)17(24)16(21)18(25)20(19)2/h3-5,7-8,10,12,14,24H,6,9,11H2,1-2H3. The zero-order valence-corrected chi connectivity index (χ0v) is 14.3. The topological polar surface area (TPSA) is 65.8 Å². The molecule has 6 heteroatoms. The van der Waals surface area contributed by atoms with Crippen LogP contribution in [0.5, 0.6) is 5.75 Å². The molecule has 0 aliphatic carbocycles. The van der Waals surface area contributed by atoms with Crippen molar-refractivity contribution in [1.82, 2.24) is 9.58 Å². The number of amides is 1. The molecule has 1 aromatic carbocycles. The van der Waals surface area contributed by atoms with Crippen molar-refractivity contribution in [2.75, 3.05) is 12.1 Å². The number of hydrogen-bond acceptors (Lipinski definition) is 4. The highest BCUT2D eigenvalue weighted by Crippen LogP contribution is 2.43. The van der Waals surface area contributed by atoms with Gasteiger partial charge in [0.2, 0.25) is 5.43 Å². The van der Waals surface area contributed by atoms with Gasteiger partial charge in [0, 0.05) is 19.3 Å². The highest BCUT2D eigenvalue weighted by atomic mass is 16.3. The minimum atomic E-state index is -0.537. The van der Waals surface area contributed by atoms with Crippen molar-refractivity contribution in [1.29, 1.82) is 0 Å². The molecule has 3 heterocycles. The molecule has 0 bridgehead atoms. The molecule has 1 fully saturated rings. The molecule has 6 nitrogen and oxygen atoms in total. The molecule has 1 N–H and O–H groups in total. The maximum absolute atomic E-state index is 12.9. The Morgan fingerprint density at radius 1 is 1.16 bits per heavy atom. The summed E-state index contributed by atoms with van der Waals surface area (Å²) in [6, 6.07) is 11.5. The second-order valence-electron chi connectivity index (χ2n) is 6.97. The lowest BCUT2D eigenvalue weighted by atomic mass is 9.87. The molecule has 2 aliphatic rings. The third-order valence-corrected chi connectivity index (χ3v) is 5.62. The van der Waals surface area contributed by atoms with Crippen molar-refractivity contribution in [3.05, 3.63) is 64.1 Å². The minimum Gasteiger partial charge on any atom is -0.502 e. The molecule has 4 rings (SSSR count). The van der Waals surface area contributed by atoms with Crippen LogP contribution in [0.25, 0.3) is 0 Å². The van der Waals surface area contributed by atoms with Crippen LogP contribution in [0.1, 0.15) is 48.3 Å². The number of aromatic hydroxyl groups is 1. The number of rotatable bonds is 1. The van der Waals surface area contributed by atoms with Gasteiger partial charge in [-0.2, -0.15) is 0 Å². The Kier molecular flexibility index (Phi) is 3.39. The Morgan fingerprint density at radius 2 is 1.88 bits per heavy atom. The summed E-state index contributed by atoms with van der Waals surface area (Å²) in [6.07, 6.45) is 4.35. The lowest BCUT2D eigenvalue weighted by Crippen LogP contribution is -2.70. The van der Waals surface area contributed by atoms with E-state index in [2.05, 4.69) is 17.1 Å². The number of carbonyl (C=O) groups is 1. The molecule has 0 radical (unpaired) electrons. The highest BCUT2D eigenvalue weighted by molar-refractivity contribution is 5.96. The third kappa shape index (κ3) is 2.10. The van der Waals surface area contributed by atoms with Gasteiger partial charge in [0.1, 0.15) is 5.66 Å². The summed E-state index contributed by atoms with van der Waals surface area (Å²) >= 11 is 0. The molecule has 25 heavy (non-hydrogen) atoms. The molecule has 130 valence electrons. The fraction of sp³-hybridized carbons (Fsp3) is 0.368. The predicted molar refractivity (Wildman–Crippen MR) is 94.1 cm³/mol. The predicted octanol–water partition coefficient (Wildman–Crippen LogP) is 2.22. The zero-order valence-electron chi connectivity index (χ0n) is 14.3. The van der Waals surface area contributed by atoms with Gasteiger partial charge in [-0.1, -0.05) is 30.3 Å². The monoisotopic (exact) mass is 339 g/mol. The summed E-state index contributed by atoms with van der Waals surface area (Å²) in [7, 11) is 1.74. The second kappa shape index (κ2) is 5.37. The molecule has 2 atom stereocenters. The van der Waals surface area contributed by atoms with Crippen molar-refractivity contribution in [3.8, 4) is 5.75 Å². The largest absolute Gasteiger partial charge is 0.502 e. The van der Waals surface area contributed by atoms with Gasteiger partial charge in [-0.3, -0.25) is 19.3 Å². The number of hydrogen-bond donors (Lipinski definition) is 1. The minimum absolute atomic E-state index is 0.0373. The van der Waals surface area contributed by atoms with Crippen LogP contribution < -0.4 is 10.4 Å². The quantitative estimate of drug-likeness (QED) is 0.865. The average Bonchev–Trinajstić information content (AvgIpc) is 2.62. The Morgan fingerprint density at radius 3 is 2.60 bits per heavy atom. The number of piperidine rings is 1. The van der Waals surface area contributed by atoms with E-state index in [4.69, 9.17) is 0 Å². The fourth-order valence-electron chi connectivity index (χ4n) is 4.16. The van der Waals surface area contributed by atoms with Gasteiger partial charge in [-0.05, 0) is 31.7 Å². The first-order valence-corrected chi connectivity index (χ1v) is 8.52. The molecule has 1 saturated heterocycles. The van der Waals surface area contributed by atoms with Crippen molar-refractivity contribution >= 4 is 5.91 Å². The summed E-state index contributed by atoms with van der Waals surface area (Å²) in [5.74, 6) is -0.818. The third-order valence-electron chi connectivity index (χ3n) is 5.62. The first kappa shape index (κ1) is 15.7. The van der Waals surface area contributed by atoms with Crippen LogP contribution in [-0.4, -0.2) is 33.3 Å². The van der Waals surface area contributed by atoms with Crippen LogP contribution in [0.3, 0.4) is 0 Å². The zero-order chi connectivity index (χ0) is 17.8. The van der Waals surface area contributed by atoms with E-state index in [0.29, 0.717) is 0 Å². The van der Waals surface area contributed by atoms with Gasteiger partial charge in [0.15, 0.2) is 11.4 Å². The van der Waals surface area contributed by atoms with Crippen LogP contribution in [-0.2, 0) is 0 Å². The smallest absolute Gasteiger partial charge is 0.278 e. The number of aromatic nitrogens is 1. The molecule has 0 spiro atoms. The van der Waals surface area contributed by atoms with E-state index in [-0.39, 0.29) is 17.6 Å². The van der Waals surface area contributed by atoms with E-state index in [0.717, 1.165) is 24.8 Å². The molecule has 1 amide bonds. The maximum atomic E-state index is 12.9. The molecule has 0 saturated carbocycles. The summed E-state index contributed by atoms with van der Waals surface area (Å²) in [6.45, 7) is 2.04. The second-order valence-corrected chi connectivity index (χ2v) is 6.97. The Bertz CT molecular complexity index is 893. The van der Waals surface area contributed by atoms with Crippen molar-refractivity contribution < 1.29 is 9.90 Å². The molecular weight excluding hydrogens is 318 g/mol. The molecule has 2 unspecified atom stereocenters. The average molecular weight is 339 g/mol. The number of carbonyl (C=O) groups excluding carboxylic acids is 1. The summed E-state index contributed by atoms with van der Waals surface area (Å²) in [5, 5.41) is 12.4. The fourth-order valence-corrected chi connectivity index (χ4v) is 4.16. The Balaban J connectivity index is 1.97. The van der Waals surface area contributed by atoms with Gasteiger partial charge in [-0.15, -0.1) is 0 Å². The van der Waals surface area contributed by atoms with Crippen LogP contribution in [0.2, 0.25) is 0 Å². The van der Waals surface area contributed by atoms with Gasteiger partial charge in [0.25, 0.3) is 5.91 Å². The Hall–Kier alpha value is -2.76. The summed E-state index contributed by atoms with van der Waals surface area (Å²) < 4.78 is 1.68. The van der Waals surface area contributed by atoms with E-state index in [9.17, 15) is 14.7 Å². The van der Waals surface area contributed by atoms with Crippen LogP contribution >= 0.6 is 0 Å². The lowest BCUT2D eigenvalue weighted by Gasteiger charge is -2.58. The van der Waals surface area contributed by atoms with Crippen LogP contribution in [0, 0.1) is 0 Å². The molecule has 2 aliphatic heterocycles. The highest BCUT2D eigenvalue weighted by Gasteiger charge is 2.50. The van der Waals surface area contributed by atoms with Crippen molar-refractivity contribution in [3.63, 3.8) is 0 Å².